The largest absolute Gasteiger partial charge is 0.376 e. The first-order valence-electron chi connectivity index (χ1n) is 11.8. The SMILES string of the molecule is CNC(=O)c1ccc(-c2ccc3c(n2)C(Nc2ccccc2)[C@@H](C)[C@H](C2CC2)N3C(C)=O)cn1. The van der Waals surface area contributed by atoms with Crippen LogP contribution in [0.5, 0.6) is 0 Å². The van der Waals surface area contributed by atoms with Gasteiger partial charge in [-0.1, -0.05) is 25.1 Å². The van der Waals surface area contributed by atoms with Crippen LogP contribution in [-0.2, 0) is 4.79 Å². The molecule has 1 aliphatic heterocycles. The molecule has 5 rings (SSSR count). The van der Waals surface area contributed by atoms with Crippen LogP contribution in [0.4, 0.5) is 11.4 Å². The van der Waals surface area contributed by atoms with Crippen molar-refractivity contribution in [1.29, 1.82) is 0 Å². The molecule has 7 nitrogen and oxygen atoms in total. The number of hydrogen-bond acceptors (Lipinski definition) is 5. The Kier molecular flexibility index (Phi) is 5.77. The van der Waals surface area contributed by atoms with Crippen molar-refractivity contribution in [2.75, 3.05) is 17.3 Å². The minimum absolute atomic E-state index is 0.0448. The Morgan fingerprint density at radius 1 is 1.03 bits per heavy atom. The Hall–Kier alpha value is -3.74. The van der Waals surface area contributed by atoms with Crippen molar-refractivity contribution in [3.05, 3.63) is 72.2 Å². The number of aromatic nitrogens is 2. The summed E-state index contributed by atoms with van der Waals surface area (Å²) in [6.07, 6.45) is 3.98. The lowest BCUT2D eigenvalue weighted by Gasteiger charge is -2.45. The third-order valence-electron chi connectivity index (χ3n) is 6.88. The zero-order valence-electron chi connectivity index (χ0n) is 19.7. The summed E-state index contributed by atoms with van der Waals surface area (Å²) >= 11 is 0. The third kappa shape index (κ3) is 4.02. The highest BCUT2D eigenvalue weighted by molar-refractivity contribution is 5.94. The van der Waals surface area contributed by atoms with Crippen molar-refractivity contribution >= 4 is 23.2 Å². The molecule has 1 fully saturated rings. The number of carbonyl (C=O) groups excluding carboxylic acids is 2. The van der Waals surface area contributed by atoms with Gasteiger partial charge in [0.1, 0.15) is 5.69 Å². The molecule has 0 radical (unpaired) electrons. The van der Waals surface area contributed by atoms with Crippen LogP contribution in [0.3, 0.4) is 0 Å². The summed E-state index contributed by atoms with van der Waals surface area (Å²) in [4.78, 5) is 36.0. The summed E-state index contributed by atoms with van der Waals surface area (Å²) < 4.78 is 0. The molecule has 3 heterocycles. The van der Waals surface area contributed by atoms with Crippen LogP contribution < -0.4 is 15.5 Å². The summed E-state index contributed by atoms with van der Waals surface area (Å²) in [6, 6.07) is 17.7. The van der Waals surface area contributed by atoms with Gasteiger partial charge in [-0.15, -0.1) is 0 Å². The molecule has 1 unspecified atom stereocenters. The van der Waals surface area contributed by atoms with Crippen molar-refractivity contribution in [3.63, 3.8) is 0 Å². The maximum absolute atomic E-state index is 12.8. The minimum atomic E-state index is -0.228. The Morgan fingerprint density at radius 2 is 1.79 bits per heavy atom. The van der Waals surface area contributed by atoms with Gasteiger partial charge < -0.3 is 15.5 Å². The Balaban J connectivity index is 1.59. The van der Waals surface area contributed by atoms with E-state index >= 15 is 0 Å². The van der Waals surface area contributed by atoms with Crippen molar-refractivity contribution in [3.8, 4) is 11.3 Å². The monoisotopic (exact) mass is 455 g/mol. The average molecular weight is 456 g/mol. The van der Waals surface area contributed by atoms with Gasteiger partial charge in [-0.05, 0) is 55.2 Å². The van der Waals surface area contributed by atoms with E-state index in [1.807, 2.05) is 41.3 Å². The number of rotatable bonds is 5. The van der Waals surface area contributed by atoms with Crippen LogP contribution in [0, 0.1) is 11.8 Å². The quantitative estimate of drug-likeness (QED) is 0.594. The molecule has 7 heteroatoms. The van der Waals surface area contributed by atoms with Crippen molar-refractivity contribution < 1.29 is 9.59 Å². The number of carbonyl (C=O) groups is 2. The fraction of sp³-hybridized carbons (Fsp3) is 0.333. The second kappa shape index (κ2) is 8.89. The average Bonchev–Trinajstić information content (AvgIpc) is 3.70. The Bertz CT molecular complexity index is 1210. The van der Waals surface area contributed by atoms with Gasteiger partial charge in [-0.3, -0.25) is 14.6 Å². The van der Waals surface area contributed by atoms with E-state index in [0.29, 0.717) is 11.6 Å². The normalized spacial score (nSPS) is 21.5. The fourth-order valence-corrected chi connectivity index (χ4v) is 5.08. The molecule has 3 aromatic rings. The molecule has 2 amide bonds. The molecule has 3 atom stereocenters. The van der Waals surface area contributed by atoms with E-state index < -0.39 is 0 Å². The van der Waals surface area contributed by atoms with E-state index in [9.17, 15) is 9.59 Å². The van der Waals surface area contributed by atoms with Gasteiger partial charge in [0.15, 0.2) is 0 Å². The molecular weight excluding hydrogens is 426 g/mol. The number of hydrogen-bond donors (Lipinski definition) is 2. The molecular formula is C27H29N5O2. The molecule has 174 valence electrons. The predicted molar refractivity (Wildman–Crippen MR) is 132 cm³/mol. The van der Waals surface area contributed by atoms with Crippen molar-refractivity contribution in [2.45, 2.75) is 38.8 Å². The highest BCUT2D eigenvalue weighted by atomic mass is 16.2. The van der Waals surface area contributed by atoms with Crippen LogP contribution in [0.1, 0.15) is 48.9 Å². The molecule has 0 spiro atoms. The van der Waals surface area contributed by atoms with Gasteiger partial charge in [0.2, 0.25) is 5.91 Å². The first kappa shape index (κ1) is 22.1. The lowest BCUT2D eigenvalue weighted by atomic mass is 9.82. The Morgan fingerprint density at radius 3 is 2.41 bits per heavy atom. The van der Waals surface area contributed by atoms with Crippen LogP contribution in [-0.4, -0.2) is 34.9 Å². The molecule has 0 saturated heterocycles. The standard InChI is InChI=1S/C27H29N5O2/c1-16-24(30-20-7-5-4-6-8-20)25-23(32(17(2)33)26(16)18-9-10-18)14-13-21(31-25)19-11-12-22(29-15-19)27(34)28-3/h4-8,11-16,18,24,26,30H,9-10H2,1-3H3,(H,28,34)/t16-,24?,26-/m1/s1. The van der Waals surface area contributed by atoms with Gasteiger partial charge in [-0.25, -0.2) is 4.98 Å². The topological polar surface area (TPSA) is 87.2 Å². The maximum atomic E-state index is 12.8. The number of amides is 2. The molecule has 2 N–H and O–H groups in total. The zero-order chi connectivity index (χ0) is 23.8. The van der Waals surface area contributed by atoms with Crippen LogP contribution in [0.25, 0.3) is 11.3 Å². The summed E-state index contributed by atoms with van der Waals surface area (Å²) in [7, 11) is 1.58. The van der Waals surface area contributed by atoms with Crippen LogP contribution >= 0.6 is 0 Å². The molecule has 2 aromatic heterocycles. The highest BCUT2D eigenvalue weighted by Gasteiger charge is 2.48. The molecule has 2 aliphatic rings. The van der Waals surface area contributed by atoms with Crippen LogP contribution in [0.2, 0.25) is 0 Å². The van der Waals surface area contributed by atoms with Gasteiger partial charge in [-0.2, -0.15) is 0 Å². The number of anilines is 2. The molecule has 34 heavy (non-hydrogen) atoms. The van der Waals surface area contributed by atoms with E-state index in [-0.39, 0.29) is 29.8 Å². The number of para-hydroxylation sites is 1. The zero-order valence-corrected chi connectivity index (χ0v) is 19.7. The second-order valence-electron chi connectivity index (χ2n) is 9.18. The van der Waals surface area contributed by atoms with E-state index in [0.717, 1.165) is 41.2 Å². The minimum Gasteiger partial charge on any atom is -0.376 e. The fourth-order valence-electron chi connectivity index (χ4n) is 5.08. The number of benzene rings is 1. The van der Waals surface area contributed by atoms with Crippen LogP contribution in [0.15, 0.2) is 60.8 Å². The summed E-state index contributed by atoms with van der Waals surface area (Å²) in [5.41, 5.74) is 4.69. The number of nitrogens with one attached hydrogen (secondary N) is 2. The second-order valence-corrected chi connectivity index (χ2v) is 9.18. The summed E-state index contributed by atoms with van der Waals surface area (Å²) in [5, 5.41) is 6.29. The van der Waals surface area contributed by atoms with Gasteiger partial charge in [0.25, 0.3) is 5.91 Å². The predicted octanol–water partition coefficient (Wildman–Crippen LogP) is 4.44. The van der Waals surface area contributed by atoms with Gasteiger partial charge in [0, 0.05) is 43.4 Å². The molecule has 1 saturated carbocycles. The number of nitrogens with zero attached hydrogens (tertiary/aromatic N) is 3. The van der Waals surface area contributed by atoms with E-state index in [1.54, 1.807) is 26.2 Å². The molecule has 1 aliphatic carbocycles. The Labute approximate surface area is 199 Å². The van der Waals surface area contributed by atoms with Crippen molar-refractivity contribution in [2.24, 2.45) is 11.8 Å². The third-order valence-corrected chi connectivity index (χ3v) is 6.88. The van der Waals surface area contributed by atoms with E-state index in [1.165, 1.54) is 0 Å². The first-order valence-corrected chi connectivity index (χ1v) is 11.8. The van der Waals surface area contributed by atoms with E-state index in [4.69, 9.17) is 4.98 Å². The first-order chi connectivity index (χ1) is 16.5. The smallest absolute Gasteiger partial charge is 0.269 e. The number of fused-ring (bicyclic) bond motifs is 1. The summed E-state index contributed by atoms with van der Waals surface area (Å²) in [6.45, 7) is 3.86. The lowest BCUT2D eigenvalue weighted by Crippen LogP contribution is -2.51. The molecule has 0 bridgehead atoms. The number of pyridine rings is 2. The molecule has 1 aromatic carbocycles. The van der Waals surface area contributed by atoms with Crippen molar-refractivity contribution in [1.82, 2.24) is 15.3 Å². The highest BCUT2D eigenvalue weighted by Crippen LogP contribution is 2.49. The van der Waals surface area contributed by atoms with Gasteiger partial charge >= 0.3 is 0 Å². The summed E-state index contributed by atoms with van der Waals surface area (Å²) in [5.74, 6) is 0.525. The lowest BCUT2D eigenvalue weighted by molar-refractivity contribution is -0.117. The maximum Gasteiger partial charge on any atom is 0.269 e. The van der Waals surface area contributed by atoms with Gasteiger partial charge in [0.05, 0.1) is 23.1 Å². The van der Waals surface area contributed by atoms with E-state index in [2.05, 4.69) is 34.7 Å².